The molecule has 1 spiro atoms. The Labute approximate surface area is 188 Å². The highest BCUT2D eigenvalue weighted by molar-refractivity contribution is 7.99. The number of thioether (sulfide) groups is 1. The van der Waals surface area contributed by atoms with Crippen LogP contribution in [-0.2, 0) is 9.59 Å². The van der Waals surface area contributed by atoms with Crippen LogP contribution in [-0.4, -0.2) is 50.5 Å². The van der Waals surface area contributed by atoms with Crippen molar-refractivity contribution >= 4 is 50.8 Å². The topological polar surface area (TPSA) is 88.1 Å². The molecule has 3 aromatic rings. The Morgan fingerprint density at radius 3 is 2.81 bits per heavy atom. The van der Waals surface area contributed by atoms with E-state index in [4.69, 9.17) is 0 Å². The van der Waals surface area contributed by atoms with Gasteiger partial charge < -0.3 is 10.2 Å². The van der Waals surface area contributed by atoms with E-state index in [1.54, 1.807) is 29.8 Å². The summed E-state index contributed by atoms with van der Waals surface area (Å²) in [5.41, 5.74) is 1.78. The SMILES string of the molecule is Cc1nc2cc(NC(=O)[C@@H]3CC34CCN(C(=O)CSc3ncccn3)CC4)ccc2s1. The second-order valence-electron chi connectivity index (χ2n) is 8.22. The standard InChI is InChI=1S/C22H23N5O2S2/c1-14-25-17-11-15(3-4-18(17)31-14)26-20(29)16-12-22(16)5-9-27(10-6-22)19(28)13-30-21-23-7-2-8-24-21/h2-4,7-8,11,16H,5-6,9-10,12-13H2,1H3,(H,26,29)/t16-/m0/s1. The van der Waals surface area contributed by atoms with E-state index >= 15 is 0 Å². The number of fused-ring (bicyclic) bond motifs is 1. The zero-order chi connectivity index (χ0) is 21.4. The van der Waals surface area contributed by atoms with Gasteiger partial charge in [0.2, 0.25) is 11.8 Å². The van der Waals surface area contributed by atoms with E-state index in [1.807, 2.05) is 30.0 Å². The van der Waals surface area contributed by atoms with Crippen LogP contribution in [0.15, 0.2) is 41.8 Å². The minimum absolute atomic E-state index is 0.0321. The van der Waals surface area contributed by atoms with E-state index in [-0.39, 0.29) is 23.1 Å². The number of carbonyl (C=O) groups is 2. The van der Waals surface area contributed by atoms with Crippen LogP contribution in [0.3, 0.4) is 0 Å². The first-order chi connectivity index (χ1) is 15.0. The summed E-state index contributed by atoms with van der Waals surface area (Å²) >= 11 is 3.02. The van der Waals surface area contributed by atoms with Crippen LogP contribution in [0.5, 0.6) is 0 Å². The quantitative estimate of drug-likeness (QED) is 0.468. The molecule has 5 rings (SSSR count). The molecule has 31 heavy (non-hydrogen) atoms. The van der Waals surface area contributed by atoms with E-state index in [9.17, 15) is 9.59 Å². The maximum atomic E-state index is 12.8. The summed E-state index contributed by atoms with van der Waals surface area (Å²) in [5, 5.41) is 4.72. The van der Waals surface area contributed by atoms with E-state index in [1.165, 1.54) is 11.8 Å². The second kappa shape index (κ2) is 8.20. The number of nitrogens with zero attached hydrogens (tertiary/aromatic N) is 4. The van der Waals surface area contributed by atoms with E-state index < -0.39 is 0 Å². The summed E-state index contributed by atoms with van der Waals surface area (Å²) in [5.74, 6) is 0.577. The lowest BCUT2D eigenvalue weighted by atomic mass is 9.90. The normalized spacial score (nSPS) is 19.5. The Hall–Kier alpha value is -2.52. The summed E-state index contributed by atoms with van der Waals surface area (Å²) in [7, 11) is 0. The van der Waals surface area contributed by atoms with Gasteiger partial charge >= 0.3 is 0 Å². The molecule has 1 aromatic carbocycles. The van der Waals surface area contributed by atoms with Gasteiger partial charge in [-0.3, -0.25) is 9.59 Å². The Bertz CT molecular complexity index is 1130. The number of hydrogen-bond acceptors (Lipinski definition) is 7. The molecule has 2 amide bonds. The van der Waals surface area contributed by atoms with E-state index in [0.29, 0.717) is 24.0 Å². The zero-order valence-electron chi connectivity index (χ0n) is 17.2. The minimum atomic E-state index is 0.0321. The molecule has 1 saturated carbocycles. The number of hydrogen-bond donors (Lipinski definition) is 1. The smallest absolute Gasteiger partial charge is 0.233 e. The van der Waals surface area contributed by atoms with Crippen molar-refractivity contribution in [3.05, 3.63) is 41.7 Å². The van der Waals surface area contributed by atoms with Crippen molar-refractivity contribution in [2.45, 2.75) is 31.3 Å². The lowest BCUT2D eigenvalue weighted by molar-refractivity contribution is -0.130. The molecule has 3 heterocycles. The number of benzene rings is 1. The number of likely N-dealkylation sites (tertiary alicyclic amines) is 1. The molecule has 1 aliphatic heterocycles. The van der Waals surface area contributed by atoms with Gasteiger partial charge in [-0.05, 0) is 55.9 Å². The first-order valence-electron chi connectivity index (χ1n) is 10.4. The van der Waals surface area contributed by atoms with Crippen LogP contribution in [0.25, 0.3) is 10.2 Å². The Morgan fingerprint density at radius 2 is 2.03 bits per heavy atom. The molecule has 0 radical (unpaired) electrons. The third-order valence-corrected chi connectivity index (χ3v) is 8.06. The van der Waals surface area contributed by atoms with Crippen molar-refractivity contribution in [2.75, 3.05) is 24.2 Å². The molecule has 1 saturated heterocycles. The van der Waals surface area contributed by atoms with Gasteiger partial charge in [-0.25, -0.2) is 15.0 Å². The molecular weight excluding hydrogens is 430 g/mol. The molecule has 0 bridgehead atoms. The fourth-order valence-electron chi connectivity index (χ4n) is 4.40. The van der Waals surface area contributed by atoms with E-state index in [2.05, 4.69) is 20.3 Å². The molecule has 9 heteroatoms. The zero-order valence-corrected chi connectivity index (χ0v) is 18.8. The van der Waals surface area contributed by atoms with Crippen LogP contribution in [0.2, 0.25) is 0 Å². The van der Waals surface area contributed by atoms with Gasteiger partial charge in [0.15, 0.2) is 5.16 Å². The highest BCUT2D eigenvalue weighted by Crippen LogP contribution is 2.59. The summed E-state index contributed by atoms with van der Waals surface area (Å²) in [4.78, 5) is 40.1. The number of rotatable bonds is 5. The van der Waals surface area contributed by atoms with Gasteiger partial charge in [0.1, 0.15) is 0 Å². The van der Waals surface area contributed by atoms with Crippen molar-refractivity contribution in [3.63, 3.8) is 0 Å². The van der Waals surface area contributed by atoms with Crippen LogP contribution in [0, 0.1) is 18.3 Å². The third-order valence-electron chi connectivity index (χ3n) is 6.25. The predicted octanol–water partition coefficient (Wildman–Crippen LogP) is 3.75. The fourth-order valence-corrected chi connectivity index (χ4v) is 5.91. The van der Waals surface area contributed by atoms with Crippen LogP contribution >= 0.6 is 23.1 Å². The van der Waals surface area contributed by atoms with Crippen LogP contribution < -0.4 is 5.32 Å². The van der Waals surface area contributed by atoms with Crippen molar-refractivity contribution in [2.24, 2.45) is 11.3 Å². The molecule has 0 unspecified atom stereocenters. The highest BCUT2D eigenvalue weighted by atomic mass is 32.2. The monoisotopic (exact) mass is 453 g/mol. The Kier molecular flexibility index (Phi) is 5.39. The van der Waals surface area contributed by atoms with Crippen LogP contribution in [0.4, 0.5) is 5.69 Å². The lowest BCUT2D eigenvalue weighted by Gasteiger charge is -2.32. The summed E-state index contributed by atoms with van der Waals surface area (Å²) in [6, 6.07) is 7.67. The highest BCUT2D eigenvalue weighted by Gasteiger charge is 2.58. The number of carbonyl (C=O) groups excluding carboxylic acids is 2. The molecule has 1 aliphatic carbocycles. The third kappa shape index (κ3) is 4.29. The lowest BCUT2D eigenvalue weighted by Crippen LogP contribution is -2.41. The molecule has 2 fully saturated rings. The minimum Gasteiger partial charge on any atom is -0.342 e. The first kappa shape index (κ1) is 20.4. The summed E-state index contributed by atoms with van der Waals surface area (Å²) in [6.45, 7) is 3.41. The molecule has 160 valence electrons. The number of amides is 2. The van der Waals surface area contributed by atoms with Crippen molar-refractivity contribution < 1.29 is 9.59 Å². The van der Waals surface area contributed by atoms with Gasteiger partial charge in [-0.15, -0.1) is 11.3 Å². The molecule has 2 aliphatic rings. The van der Waals surface area contributed by atoms with Gasteiger partial charge in [0.25, 0.3) is 0 Å². The van der Waals surface area contributed by atoms with Gasteiger partial charge in [0, 0.05) is 37.1 Å². The van der Waals surface area contributed by atoms with Gasteiger partial charge in [-0.2, -0.15) is 0 Å². The second-order valence-corrected chi connectivity index (χ2v) is 10.4. The predicted molar refractivity (Wildman–Crippen MR) is 122 cm³/mol. The number of thiazole rings is 1. The average Bonchev–Trinajstić information content (AvgIpc) is 3.34. The van der Waals surface area contributed by atoms with Crippen LogP contribution in [0.1, 0.15) is 24.3 Å². The molecule has 2 aromatic heterocycles. The Balaban J connectivity index is 1.12. The molecule has 7 nitrogen and oxygen atoms in total. The first-order valence-corrected chi connectivity index (χ1v) is 12.2. The van der Waals surface area contributed by atoms with Crippen molar-refractivity contribution in [1.82, 2.24) is 19.9 Å². The summed E-state index contributed by atoms with van der Waals surface area (Å²) < 4.78 is 1.13. The van der Waals surface area contributed by atoms with E-state index in [0.717, 1.165) is 40.2 Å². The molecular formula is C22H23N5O2S2. The average molecular weight is 454 g/mol. The number of anilines is 1. The Morgan fingerprint density at radius 1 is 1.26 bits per heavy atom. The largest absolute Gasteiger partial charge is 0.342 e. The van der Waals surface area contributed by atoms with Crippen molar-refractivity contribution in [3.8, 4) is 0 Å². The summed E-state index contributed by atoms with van der Waals surface area (Å²) in [6.07, 6.45) is 6.03. The number of aryl methyl sites for hydroxylation is 1. The van der Waals surface area contributed by atoms with Gasteiger partial charge in [-0.1, -0.05) is 11.8 Å². The fraction of sp³-hybridized carbons (Fsp3) is 0.409. The number of aromatic nitrogens is 3. The maximum absolute atomic E-state index is 12.8. The molecule has 1 N–H and O–H groups in total. The maximum Gasteiger partial charge on any atom is 0.233 e. The number of nitrogens with one attached hydrogen (secondary N) is 1. The van der Waals surface area contributed by atoms with Crippen molar-refractivity contribution in [1.29, 1.82) is 0 Å². The molecule has 1 atom stereocenters. The number of piperidine rings is 1. The van der Waals surface area contributed by atoms with Gasteiger partial charge in [0.05, 0.1) is 21.0 Å².